The van der Waals surface area contributed by atoms with Gasteiger partial charge in [0.15, 0.2) is 0 Å². The number of alkyl halides is 2. The number of aryl methyl sites for hydroxylation is 1. The van der Waals surface area contributed by atoms with E-state index < -0.39 is 12.5 Å². The molecule has 0 spiro atoms. The first-order valence-corrected chi connectivity index (χ1v) is 4.61. The van der Waals surface area contributed by atoms with E-state index in [0.717, 1.165) is 5.56 Å². The second-order valence-corrected chi connectivity index (χ2v) is 3.74. The third-order valence-electron chi connectivity index (χ3n) is 1.79. The van der Waals surface area contributed by atoms with E-state index in [1.165, 1.54) is 0 Å². The molecule has 0 bridgehead atoms. The summed E-state index contributed by atoms with van der Waals surface area (Å²) in [6, 6.07) is 3.95. The van der Waals surface area contributed by atoms with Gasteiger partial charge in [-0.2, -0.15) is 0 Å². The molecule has 0 fully saturated rings. The van der Waals surface area contributed by atoms with Crippen molar-refractivity contribution in [2.45, 2.75) is 19.4 Å². The Morgan fingerprint density at radius 2 is 2.00 bits per heavy atom. The van der Waals surface area contributed by atoms with Crippen LogP contribution >= 0.6 is 15.9 Å². The van der Waals surface area contributed by atoms with Crippen molar-refractivity contribution in [3.8, 4) is 0 Å². The van der Waals surface area contributed by atoms with Gasteiger partial charge in [0.05, 0.1) is 6.04 Å². The van der Waals surface area contributed by atoms with Gasteiger partial charge < -0.3 is 5.73 Å². The van der Waals surface area contributed by atoms with Crippen molar-refractivity contribution >= 4 is 15.9 Å². The summed E-state index contributed by atoms with van der Waals surface area (Å²) in [5.41, 5.74) is 6.76. The topological polar surface area (TPSA) is 26.0 Å². The van der Waals surface area contributed by atoms with Crippen LogP contribution in [0.1, 0.15) is 17.2 Å². The minimum atomic E-state index is -2.53. The molecule has 1 atom stereocenters. The van der Waals surface area contributed by atoms with Crippen molar-refractivity contribution in [3.05, 3.63) is 33.8 Å². The molecule has 0 amide bonds. The van der Waals surface area contributed by atoms with E-state index in [-0.39, 0.29) is 0 Å². The average Bonchev–Trinajstić information content (AvgIpc) is 2.03. The fourth-order valence-corrected chi connectivity index (χ4v) is 1.80. The lowest BCUT2D eigenvalue weighted by Crippen LogP contribution is -2.19. The summed E-state index contributed by atoms with van der Waals surface area (Å²) in [4.78, 5) is 0. The number of nitrogens with two attached hydrogens (primary N) is 1. The van der Waals surface area contributed by atoms with E-state index >= 15 is 0 Å². The number of hydrogen-bond acceptors (Lipinski definition) is 1. The number of rotatable bonds is 2. The van der Waals surface area contributed by atoms with Gasteiger partial charge in [0.2, 0.25) is 0 Å². The molecule has 1 aromatic rings. The summed E-state index contributed by atoms with van der Waals surface area (Å²) < 4.78 is 25.1. The SMILES string of the molecule is Cc1ccc(C(N)C(F)F)c(Br)c1. The van der Waals surface area contributed by atoms with Gasteiger partial charge in [0.25, 0.3) is 6.43 Å². The Bertz CT molecular complexity index is 302. The van der Waals surface area contributed by atoms with Crippen LogP contribution < -0.4 is 5.73 Å². The molecule has 0 aliphatic carbocycles. The van der Waals surface area contributed by atoms with E-state index in [1.54, 1.807) is 18.2 Å². The maximum absolute atomic E-state index is 12.2. The third kappa shape index (κ3) is 2.48. The first kappa shape index (κ1) is 10.6. The van der Waals surface area contributed by atoms with Crippen molar-refractivity contribution in [3.63, 3.8) is 0 Å². The lowest BCUT2D eigenvalue weighted by Gasteiger charge is -2.12. The van der Waals surface area contributed by atoms with Gasteiger partial charge in [-0.1, -0.05) is 28.1 Å². The molecule has 0 aliphatic rings. The zero-order valence-electron chi connectivity index (χ0n) is 7.10. The molecular formula is C9H10BrF2N. The fourth-order valence-electron chi connectivity index (χ4n) is 1.04. The lowest BCUT2D eigenvalue weighted by molar-refractivity contribution is 0.116. The Labute approximate surface area is 84.1 Å². The van der Waals surface area contributed by atoms with Gasteiger partial charge in [-0.3, -0.25) is 0 Å². The van der Waals surface area contributed by atoms with Crippen LogP contribution in [0, 0.1) is 6.92 Å². The molecular weight excluding hydrogens is 240 g/mol. The molecule has 1 rings (SSSR count). The first-order chi connectivity index (χ1) is 6.02. The molecule has 0 aromatic heterocycles. The van der Waals surface area contributed by atoms with Gasteiger partial charge in [-0.25, -0.2) is 8.78 Å². The first-order valence-electron chi connectivity index (χ1n) is 3.82. The summed E-state index contributed by atoms with van der Waals surface area (Å²) in [6.07, 6.45) is -2.53. The molecule has 2 N–H and O–H groups in total. The summed E-state index contributed by atoms with van der Waals surface area (Å²) >= 11 is 3.20. The van der Waals surface area contributed by atoms with Crippen LogP contribution in [0.3, 0.4) is 0 Å². The zero-order chi connectivity index (χ0) is 10.0. The largest absolute Gasteiger partial charge is 0.319 e. The van der Waals surface area contributed by atoms with Gasteiger partial charge >= 0.3 is 0 Å². The van der Waals surface area contributed by atoms with Crippen molar-refractivity contribution in [1.82, 2.24) is 0 Å². The minimum absolute atomic E-state index is 0.445. The quantitative estimate of drug-likeness (QED) is 0.857. The van der Waals surface area contributed by atoms with Crippen LogP contribution in [0.15, 0.2) is 22.7 Å². The van der Waals surface area contributed by atoms with E-state index in [0.29, 0.717) is 10.0 Å². The predicted molar refractivity (Wildman–Crippen MR) is 51.8 cm³/mol. The molecule has 4 heteroatoms. The lowest BCUT2D eigenvalue weighted by atomic mass is 10.1. The van der Waals surface area contributed by atoms with Crippen LogP contribution in [0.5, 0.6) is 0 Å². The molecule has 0 saturated heterocycles. The molecule has 1 nitrogen and oxygen atoms in total. The second-order valence-electron chi connectivity index (χ2n) is 2.89. The highest BCUT2D eigenvalue weighted by molar-refractivity contribution is 9.10. The predicted octanol–water partition coefficient (Wildman–Crippen LogP) is 3.02. The molecule has 0 saturated carbocycles. The Kier molecular flexibility index (Phi) is 3.39. The van der Waals surface area contributed by atoms with Crippen LogP contribution in [0.4, 0.5) is 8.78 Å². The third-order valence-corrected chi connectivity index (χ3v) is 2.47. The smallest absolute Gasteiger partial charge is 0.257 e. The van der Waals surface area contributed by atoms with Crippen LogP contribution in [-0.2, 0) is 0 Å². The number of halogens is 3. The molecule has 72 valence electrons. The van der Waals surface area contributed by atoms with Crippen LogP contribution in [-0.4, -0.2) is 6.43 Å². The van der Waals surface area contributed by atoms with Crippen molar-refractivity contribution < 1.29 is 8.78 Å². The monoisotopic (exact) mass is 249 g/mol. The van der Waals surface area contributed by atoms with Crippen molar-refractivity contribution in [1.29, 1.82) is 0 Å². The van der Waals surface area contributed by atoms with E-state index in [2.05, 4.69) is 15.9 Å². The standard InChI is InChI=1S/C9H10BrF2N/c1-5-2-3-6(7(10)4-5)8(13)9(11)12/h2-4,8-9H,13H2,1H3. The van der Waals surface area contributed by atoms with Gasteiger partial charge in [0, 0.05) is 4.47 Å². The Hall–Kier alpha value is -0.480. The molecule has 13 heavy (non-hydrogen) atoms. The maximum Gasteiger partial charge on any atom is 0.257 e. The van der Waals surface area contributed by atoms with Crippen molar-refractivity contribution in [2.24, 2.45) is 5.73 Å². The molecule has 0 radical (unpaired) electrons. The maximum atomic E-state index is 12.2. The highest BCUT2D eigenvalue weighted by Gasteiger charge is 2.19. The molecule has 0 aliphatic heterocycles. The van der Waals surface area contributed by atoms with Crippen molar-refractivity contribution in [2.75, 3.05) is 0 Å². The summed E-state index contributed by atoms with van der Waals surface area (Å²) in [6.45, 7) is 1.89. The summed E-state index contributed by atoms with van der Waals surface area (Å²) in [5, 5.41) is 0. The van der Waals surface area contributed by atoms with Crippen LogP contribution in [0.25, 0.3) is 0 Å². The zero-order valence-corrected chi connectivity index (χ0v) is 8.68. The minimum Gasteiger partial charge on any atom is -0.319 e. The van der Waals surface area contributed by atoms with E-state index in [1.807, 2.05) is 6.92 Å². The van der Waals surface area contributed by atoms with Gasteiger partial charge in [-0.15, -0.1) is 0 Å². The molecule has 1 unspecified atom stereocenters. The van der Waals surface area contributed by atoms with E-state index in [4.69, 9.17) is 5.73 Å². The number of benzene rings is 1. The second kappa shape index (κ2) is 4.15. The summed E-state index contributed by atoms with van der Waals surface area (Å²) in [7, 11) is 0. The fraction of sp³-hybridized carbons (Fsp3) is 0.333. The van der Waals surface area contributed by atoms with E-state index in [9.17, 15) is 8.78 Å². The highest BCUT2D eigenvalue weighted by Crippen LogP contribution is 2.26. The summed E-state index contributed by atoms with van der Waals surface area (Å²) in [5.74, 6) is 0. The van der Waals surface area contributed by atoms with Gasteiger partial charge in [-0.05, 0) is 24.1 Å². The Morgan fingerprint density at radius 1 is 1.38 bits per heavy atom. The number of hydrogen-bond donors (Lipinski definition) is 1. The molecule has 1 aromatic carbocycles. The van der Waals surface area contributed by atoms with Gasteiger partial charge in [0.1, 0.15) is 0 Å². The Morgan fingerprint density at radius 3 is 2.46 bits per heavy atom. The normalized spacial score (nSPS) is 13.4. The van der Waals surface area contributed by atoms with Crippen LogP contribution in [0.2, 0.25) is 0 Å². The Balaban J connectivity index is 3.01. The highest BCUT2D eigenvalue weighted by atomic mass is 79.9. The average molecular weight is 250 g/mol. The molecule has 0 heterocycles.